The molecule has 3 heteroatoms. The summed E-state index contributed by atoms with van der Waals surface area (Å²) in [5, 5.41) is 9.26. The highest BCUT2D eigenvalue weighted by atomic mass is 16.3. The monoisotopic (exact) mass is 185 g/mol. The van der Waals surface area contributed by atoms with E-state index in [-0.39, 0.29) is 5.91 Å². The Morgan fingerprint density at radius 3 is 2.54 bits per heavy atom. The third kappa shape index (κ3) is 2.69. The van der Waals surface area contributed by atoms with E-state index in [1.54, 1.807) is 4.90 Å². The van der Waals surface area contributed by atoms with Crippen molar-refractivity contribution in [3.05, 3.63) is 0 Å². The Kier molecular flexibility index (Phi) is 3.31. The van der Waals surface area contributed by atoms with Crippen LogP contribution in [-0.4, -0.2) is 35.1 Å². The van der Waals surface area contributed by atoms with E-state index >= 15 is 0 Å². The van der Waals surface area contributed by atoms with Crippen LogP contribution >= 0.6 is 0 Å². The van der Waals surface area contributed by atoms with Crippen LogP contribution in [0.4, 0.5) is 0 Å². The first-order chi connectivity index (χ1) is 6.00. The third-order valence-electron chi connectivity index (χ3n) is 2.84. The molecule has 0 aromatic carbocycles. The number of aliphatic hydroxyl groups is 1. The number of hydrogen-bond acceptors (Lipinski definition) is 2. The van der Waals surface area contributed by atoms with Crippen molar-refractivity contribution in [3.8, 4) is 0 Å². The first kappa shape index (κ1) is 10.5. The number of hydrogen-bond donors (Lipinski definition) is 1. The Morgan fingerprint density at radius 2 is 2.15 bits per heavy atom. The number of amides is 1. The summed E-state index contributed by atoms with van der Waals surface area (Å²) in [6.45, 7) is 7.76. The quantitative estimate of drug-likeness (QED) is 0.709. The molecule has 0 bridgehead atoms. The fraction of sp³-hybridized carbons (Fsp3) is 0.900. The lowest BCUT2D eigenvalue weighted by Crippen LogP contribution is -2.32. The number of carbonyl (C=O) groups is 1. The normalized spacial score (nSPS) is 25.8. The van der Waals surface area contributed by atoms with E-state index in [1.807, 2.05) is 0 Å². The molecular formula is C10H19NO2. The molecule has 1 fully saturated rings. The summed E-state index contributed by atoms with van der Waals surface area (Å²) in [5.74, 6) is 1.19. The largest absolute Gasteiger partial charge is 0.391 e. The summed E-state index contributed by atoms with van der Waals surface area (Å²) >= 11 is 0. The average Bonchev–Trinajstić information content (AvgIpc) is 2.30. The molecule has 0 saturated carbocycles. The molecule has 1 amide bonds. The number of likely N-dealkylation sites (tertiary alicyclic amines) is 1. The highest BCUT2D eigenvalue weighted by Gasteiger charge is 2.29. The van der Waals surface area contributed by atoms with Crippen LogP contribution in [0.2, 0.25) is 0 Å². The second-order valence-electron chi connectivity index (χ2n) is 4.38. The van der Waals surface area contributed by atoms with Gasteiger partial charge in [0.25, 0.3) is 0 Å². The molecule has 13 heavy (non-hydrogen) atoms. The summed E-state index contributed by atoms with van der Waals surface area (Å²) in [5.41, 5.74) is 0. The van der Waals surface area contributed by atoms with Crippen molar-refractivity contribution in [2.45, 2.75) is 33.3 Å². The molecule has 1 saturated heterocycles. The maximum atomic E-state index is 11.3. The van der Waals surface area contributed by atoms with Gasteiger partial charge in [-0.3, -0.25) is 4.79 Å². The standard InChI is InChI=1S/C10H19NO2/c1-7(2)8(3)5-11-6-9(12)4-10(11)13/h7-9,12H,4-6H2,1-3H3. The van der Waals surface area contributed by atoms with Gasteiger partial charge in [0.05, 0.1) is 12.5 Å². The molecule has 2 atom stereocenters. The molecule has 2 unspecified atom stereocenters. The molecule has 1 aliphatic heterocycles. The first-order valence-corrected chi connectivity index (χ1v) is 4.96. The molecular weight excluding hydrogens is 166 g/mol. The zero-order valence-electron chi connectivity index (χ0n) is 8.66. The summed E-state index contributed by atoms with van der Waals surface area (Å²) in [6.07, 6.45) is -0.128. The topological polar surface area (TPSA) is 40.5 Å². The lowest BCUT2D eigenvalue weighted by molar-refractivity contribution is -0.128. The van der Waals surface area contributed by atoms with E-state index in [0.29, 0.717) is 24.8 Å². The molecule has 1 N–H and O–H groups in total. The summed E-state index contributed by atoms with van der Waals surface area (Å²) < 4.78 is 0. The molecule has 0 spiro atoms. The Morgan fingerprint density at radius 1 is 1.54 bits per heavy atom. The molecule has 3 nitrogen and oxygen atoms in total. The number of rotatable bonds is 3. The maximum Gasteiger partial charge on any atom is 0.225 e. The van der Waals surface area contributed by atoms with E-state index in [2.05, 4.69) is 20.8 Å². The van der Waals surface area contributed by atoms with Gasteiger partial charge in [-0.15, -0.1) is 0 Å². The van der Waals surface area contributed by atoms with Crippen LogP contribution in [0, 0.1) is 11.8 Å². The van der Waals surface area contributed by atoms with Crippen molar-refractivity contribution in [2.24, 2.45) is 11.8 Å². The van der Waals surface area contributed by atoms with E-state index in [0.717, 1.165) is 6.54 Å². The van der Waals surface area contributed by atoms with Gasteiger partial charge in [0.1, 0.15) is 0 Å². The number of carbonyl (C=O) groups excluding carboxylic acids is 1. The highest BCUT2D eigenvalue weighted by Crippen LogP contribution is 2.17. The van der Waals surface area contributed by atoms with Crippen LogP contribution in [0.1, 0.15) is 27.2 Å². The minimum Gasteiger partial charge on any atom is -0.391 e. The van der Waals surface area contributed by atoms with Gasteiger partial charge in [-0.05, 0) is 11.8 Å². The molecule has 0 aliphatic carbocycles. The fourth-order valence-electron chi connectivity index (χ4n) is 1.49. The van der Waals surface area contributed by atoms with Gasteiger partial charge in [-0.2, -0.15) is 0 Å². The Labute approximate surface area is 79.7 Å². The molecule has 1 heterocycles. The molecule has 0 aromatic heterocycles. The Hall–Kier alpha value is -0.570. The summed E-state index contributed by atoms with van der Waals surface area (Å²) in [7, 11) is 0. The Balaban J connectivity index is 2.41. The second-order valence-corrected chi connectivity index (χ2v) is 4.38. The van der Waals surface area contributed by atoms with Gasteiger partial charge in [-0.1, -0.05) is 20.8 Å². The lowest BCUT2D eigenvalue weighted by atomic mass is 9.98. The van der Waals surface area contributed by atoms with Crippen LogP contribution in [0.3, 0.4) is 0 Å². The average molecular weight is 185 g/mol. The molecule has 1 aliphatic rings. The van der Waals surface area contributed by atoms with Crippen LogP contribution in [0.5, 0.6) is 0 Å². The number of β-amino-alcohol motifs (C(OH)–C–C–N with tert-alkyl or cyclic N) is 1. The minimum absolute atomic E-state index is 0.0972. The van der Waals surface area contributed by atoms with E-state index in [9.17, 15) is 9.90 Å². The molecule has 76 valence electrons. The zero-order chi connectivity index (χ0) is 10.0. The van der Waals surface area contributed by atoms with Gasteiger partial charge < -0.3 is 10.0 Å². The highest BCUT2D eigenvalue weighted by molar-refractivity contribution is 5.78. The van der Waals surface area contributed by atoms with Crippen molar-refractivity contribution in [1.82, 2.24) is 4.90 Å². The van der Waals surface area contributed by atoms with Gasteiger partial charge in [-0.25, -0.2) is 0 Å². The van der Waals surface area contributed by atoms with E-state index < -0.39 is 6.10 Å². The second kappa shape index (κ2) is 4.09. The van der Waals surface area contributed by atoms with Gasteiger partial charge >= 0.3 is 0 Å². The van der Waals surface area contributed by atoms with Crippen molar-refractivity contribution in [1.29, 1.82) is 0 Å². The van der Waals surface area contributed by atoms with E-state index in [4.69, 9.17) is 0 Å². The molecule has 1 rings (SSSR count). The van der Waals surface area contributed by atoms with Crippen molar-refractivity contribution < 1.29 is 9.90 Å². The Bertz CT molecular complexity index is 191. The van der Waals surface area contributed by atoms with Crippen molar-refractivity contribution in [3.63, 3.8) is 0 Å². The predicted molar refractivity (Wildman–Crippen MR) is 51.2 cm³/mol. The smallest absolute Gasteiger partial charge is 0.225 e. The fourth-order valence-corrected chi connectivity index (χ4v) is 1.49. The van der Waals surface area contributed by atoms with Crippen LogP contribution in [0.15, 0.2) is 0 Å². The van der Waals surface area contributed by atoms with Crippen molar-refractivity contribution >= 4 is 5.91 Å². The van der Waals surface area contributed by atoms with Crippen LogP contribution in [-0.2, 0) is 4.79 Å². The lowest BCUT2D eigenvalue weighted by Gasteiger charge is -2.23. The van der Waals surface area contributed by atoms with E-state index in [1.165, 1.54) is 0 Å². The summed E-state index contributed by atoms with van der Waals surface area (Å²) in [6, 6.07) is 0. The van der Waals surface area contributed by atoms with Gasteiger partial charge in [0.2, 0.25) is 5.91 Å². The molecule has 0 aromatic rings. The molecule has 0 radical (unpaired) electrons. The maximum absolute atomic E-state index is 11.3. The first-order valence-electron chi connectivity index (χ1n) is 4.96. The number of nitrogens with zero attached hydrogens (tertiary/aromatic N) is 1. The van der Waals surface area contributed by atoms with Gasteiger partial charge in [0.15, 0.2) is 0 Å². The summed E-state index contributed by atoms with van der Waals surface area (Å²) in [4.78, 5) is 13.1. The predicted octanol–water partition coefficient (Wildman–Crippen LogP) is 0.872. The SMILES string of the molecule is CC(C)C(C)CN1CC(O)CC1=O. The third-order valence-corrected chi connectivity index (χ3v) is 2.84. The van der Waals surface area contributed by atoms with Gasteiger partial charge in [0, 0.05) is 13.1 Å². The van der Waals surface area contributed by atoms with Crippen LogP contribution in [0.25, 0.3) is 0 Å². The number of aliphatic hydroxyl groups excluding tert-OH is 1. The van der Waals surface area contributed by atoms with Crippen LogP contribution < -0.4 is 0 Å². The minimum atomic E-state index is -0.438. The zero-order valence-corrected chi connectivity index (χ0v) is 8.66. The van der Waals surface area contributed by atoms with Crippen molar-refractivity contribution in [2.75, 3.05) is 13.1 Å².